The maximum Gasteiger partial charge on any atom is 0.264 e. The lowest BCUT2D eigenvalue weighted by molar-refractivity contribution is 0.0416. The molecule has 0 saturated carbocycles. The Balaban J connectivity index is 1.61. The van der Waals surface area contributed by atoms with E-state index < -0.39 is 26.7 Å². The Morgan fingerprint density at radius 3 is 2.54 bits per heavy atom. The third kappa shape index (κ3) is 4.10. The largest absolute Gasteiger partial charge is 0.379 e. The molecule has 1 fully saturated rings. The number of nitrogens with zero attached hydrogens (tertiary/aromatic N) is 3. The SMILES string of the molecule is C[C@H](Nc1ncnc2[nH]ccc(=O)c12)c1c(Cl)c2cccc(S(=O)(=O)C3COC3)c2c(=O)n1-c1ccccc1. The molecule has 2 aromatic carbocycles. The number of fused-ring (bicyclic) bond motifs is 2. The van der Waals surface area contributed by atoms with Crippen LogP contribution in [0.3, 0.4) is 0 Å². The van der Waals surface area contributed by atoms with E-state index in [4.69, 9.17) is 16.3 Å². The number of anilines is 1. The second-order valence-corrected chi connectivity index (χ2v) is 11.8. The van der Waals surface area contributed by atoms with Gasteiger partial charge in [0.2, 0.25) is 0 Å². The Bertz CT molecular complexity index is 1970. The molecule has 12 heteroatoms. The molecule has 2 N–H and O–H groups in total. The molecule has 0 radical (unpaired) electrons. The van der Waals surface area contributed by atoms with Gasteiger partial charge >= 0.3 is 0 Å². The second-order valence-electron chi connectivity index (χ2n) is 9.21. The van der Waals surface area contributed by atoms with Gasteiger partial charge in [0.25, 0.3) is 5.56 Å². The van der Waals surface area contributed by atoms with Gasteiger partial charge in [-0.15, -0.1) is 0 Å². The Morgan fingerprint density at radius 1 is 1.05 bits per heavy atom. The van der Waals surface area contributed by atoms with Crippen LogP contribution in [0.25, 0.3) is 27.5 Å². The van der Waals surface area contributed by atoms with E-state index in [1.807, 2.05) is 6.07 Å². The number of nitrogens with one attached hydrogen (secondary N) is 2. The summed E-state index contributed by atoms with van der Waals surface area (Å²) in [5, 5.41) is 3.27. The fourth-order valence-corrected chi connectivity index (χ4v) is 6.88. The quantitative estimate of drug-likeness (QED) is 0.320. The van der Waals surface area contributed by atoms with Crippen LogP contribution in [-0.4, -0.2) is 46.4 Å². The molecule has 3 aromatic heterocycles. The van der Waals surface area contributed by atoms with Crippen LogP contribution in [-0.2, 0) is 14.6 Å². The van der Waals surface area contributed by atoms with E-state index >= 15 is 0 Å². The number of ether oxygens (including phenoxy) is 1. The molecule has 1 atom stereocenters. The van der Waals surface area contributed by atoms with E-state index in [9.17, 15) is 18.0 Å². The van der Waals surface area contributed by atoms with Gasteiger partial charge in [0, 0.05) is 23.3 Å². The van der Waals surface area contributed by atoms with Gasteiger partial charge in [0.1, 0.15) is 28.4 Å². The molecule has 198 valence electrons. The van der Waals surface area contributed by atoms with Crippen LogP contribution in [0.2, 0.25) is 5.02 Å². The number of hydrogen-bond donors (Lipinski definition) is 2. The highest BCUT2D eigenvalue weighted by molar-refractivity contribution is 7.92. The van der Waals surface area contributed by atoms with Gasteiger partial charge in [-0.05, 0) is 25.1 Å². The fourth-order valence-electron chi connectivity index (χ4n) is 4.81. The second kappa shape index (κ2) is 9.60. The van der Waals surface area contributed by atoms with Crippen LogP contribution < -0.4 is 16.3 Å². The number of pyridine rings is 2. The summed E-state index contributed by atoms with van der Waals surface area (Å²) < 4.78 is 33.4. The van der Waals surface area contributed by atoms with E-state index in [-0.39, 0.29) is 45.2 Å². The van der Waals surface area contributed by atoms with Gasteiger partial charge in [0.05, 0.1) is 40.3 Å². The van der Waals surface area contributed by atoms with Gasteiger partial charge in [-0.2, -0.15) is 0 Å². The van der Waals surface area contributed by atoms with Crippen molar-refractivity contribution in [2.45, 2.75) is 23.1 Å². The van der Waals surface area contributed by atoms with Crippen molar-refractivity contribution in [2.75, 3.05) is 18.5 Å². The summed E-state index contributed by atoms with van der Waals surface area (Å²) in [6.07, 6.45) is 2.82. The maximum atomic E-state index is 14.2. The molecular weight excluding hydrogens is 542 g/mol. The van der Waals surface area contributed by atoms with Crippen molar-refractivity contribution in [3.63, 3.8) is 0 Å². The lowest BCUT2D eigenvalue weighted by Crippen LogP contribution is -2.41. The highest BCUT2D eigenvalue weighted by Gasteiger charge is 2.36. The van der Waals surface area contributed by atoms with E-state index in [2.05, 4.69) is 20.3 Å². The Morgan fingerprint density at radius 2 is 1.82 bits per heavy atom. The minimum absolute atomic E-state index is 0.0122. The Labute approximate surface area is 227 Å². The Kier molecular flexibility index (Phi) is 6.21. The van der Waals surface area contributed by atoms with E-state index in [1.165, 1.54) is 29.2 Å². The molecule has 10 nitrogen and oxygen atoms in total. The maximum absolute atomic E-state index is 14.2. The monoisotopic (exact) mass is 563 g/mol. The molecule has 1 saturated heterocycles. The first-order chi connectivity index (χ1) is 18.8. The first-order valence-corrected chi connectivity index (χ1v) is 14.0. The summed E-state index contributed by atoms with van der Waals surface area (Å²) in [5.41, 5.74) is 0.417. The summed E-state index contributed by atoms with van der Waals surface area (Å²) >= 11 is 7.01. The van der Waals surface area contributed by atoms with Gasteiger partial charge in [-0.3, -0.25) is 14.2 Å². The molecule has 1 aliphatic rings. The molecule has 0 unspecified atom stereocenters. The highest BCUT2D eigenvalue weighted by atomic mass is 35.5. The third-order valence-electron chi connectivity index (χ3n) is 6.82. The van der Waals surface area contributed by atoms with Gasteiger partial charge in [0.15, 0.2) is 15.3 Å². The highest BCUT2D eigenvalue weighted by Crippen LogP contribution is 2.36. The van der Waals surface area contributed by atoms with Gasteiger partial charge in [-0.1, -0.05) is 41.9 Å². The van der Waals surface area contributed by atoms with Crippen molar-refractivity contribution in [2.24, 2.45) is 0 Å². The van der Waals surface area contributed by atoms with Crippen LogP contribution in [0, 0.1) is 0 Å². The Hall–Kier alpha value is -4.06. The molecule has 39 heavy (non-hydrogen) atoms. The van der Waals surface area contributed by atoms with Crippen LogP contribution in [0.1, 0.15) is 18.7 Å². The molecule has 5 aromatic rings. The standard InChI is InChI=1S/C27H22ClN5O5S/c1-15(32-26-22-19(34)10-11-29-25(22)30-14-31-26)24-23(28)18-8-5-9-20(39(36,37)17-12-38-13-17)21(18)27(35)33(24)16-6-3-2-4-7-16/h2-11,14-15,17H,12-13H2,1H3,(H2,29,30,31,32,34)/t15-/m0/s1. The molecule has 0 bridgehead atoms. The van der Waals surface area contributed by atoms with Crippen molar-refractivity contribution in [3.05, 3.63) is 98.4 Å². The number of sulfone groups is 1. The lowest BCUT2D eigenvalue weighted by atomic mass is 10.1. The zero-order valence-corrected chi connectivity index (χ0v) is 22.2. The number of aromatic amines is 1. The summed E-state index contributed by atoms with van der Waals surface area (Å²) in [6.45, 7) is 1.93. The minimum Gasteiger partial charge on any atom is -0.379 e. The molecule has 0 aliphatic carbocycles. The number of benzene rings is 2. The molecule has 0 amide bonds. The average Bonchev–Trinajstić information content (AvgIpc) is 2.89. The average molecular weight is 564 g/mol. The minimum atomic E-state index is -3.85. The molecule has 1 aliphatic heterocycles. The fraction of sp³-hybridized carbons (Fsp3) is 0.185. The topological polar surface area (TPSA) is 136 Å². The number of H-pyrrole nitrogens is 1. The van der Waals surface area contributed by atoms with Crippen LogP contribution in [0.15, 0.2) is 81.6 Å². The van der Waals surface area contributed by atoms with Crippen molar-refractivity contribution < 1.29 is 13.2 Å². The summed E-state index contributed by atoms with van der Waals surface area (Å²) in [7, 11) is -3.85. The van der Waals surface area contributed by atoms with Crippen molar-refractivity contribution in [1.29, 1.82) is 0 Å². The van der Waals surface area contributed by atoms with E-state index in [0.29, 0.717) is 22.4 Å². The lowest BCUT2D eigenvalue weighted by Gasteiger charge is -2.27. The third-order valence-corrected chi connectivity index (χ3v) is 9.32. The number of halogens is 1. The summed E-state index contributed by atoms with van der Waals surface area (Å²) in [5.74, 6) is 0.263. The molecule has 0 spiro atoms. The van der Waals surface area contributed by atoms with Crippen molar-refractivity contribution in [3.8, 4) is 5.69 Å². The van der Waals surface area contributed by atoms with Gasteiger partial charge in [-0.25, -0.2) is 18.4 Å². The van der Waals surface area contributed by atoms with E-state index in [0.717, 1.165) is 0 Å². The number of hydrogen-bond acceptors (Lipinski definition) is 8. The number of rotatable bonds is 6. The molecule has 4 heterocycles. The zero-order valence-electron chi connectivity index (χ0n) is 20.6. The predicted molar refractivity (Wildman–Crippen MR) is 149 cm³/mol. The van der Waals surface area contributed by atoms with Gasteiger partial charge < -0.3 is 15.0 Å². The van der Waals surface area contributed by atoms with Crippen LogP contribution in [0.5, 0.6) is 0 Å². The van der Waals surface area contributed by atoms with Crippen LogP contribution >= 0.6 is 11.6 Å². The van der Waals surface area contributed by atoms with E-state index in [1.54, 1.807) is 43.3 Å². The molecular formula is C27H22ClN5O5S. The first-order valence-electron chi connectivity index (χ1n) is 12.1. The van der Waals surface area contributed by atoms with Crippen LogP contribution in [0.4, 0.5) is 5.82 Å². The van der Waals surface area contributed by atoms with Crippen molar-refractivity contribution in [1.82, 2.24) is 19.5 Å². The summed E-state index contributed by atoms with van der Waals surface area (Å²) in [4.78, 5) is 38.1. The smallest absolute Gasteiger partial charge is 0.264 e. The molecule has 6 rings (SSSR count). The number of para-hydroxylation sites is 1. The predicted octanol–water partition coefficient (Wildman–Crippen LogP) is 3.62. The summed E-state index contributed by atoms with van der Waals surface area (Å²) in [6, 6.07) is 14.2. The number of aromatic nitrogens is 4. The van der Waals surface area contributed by atoms with Crippen molar-refractivity contribution >= 4 is 49.1 Å². The normalized spacial score (nSPS) is 14.8. The zero-order chi connectivity index (χ0) is 27.3. The first kappa shape index (κ1) is 25.2.